The predicted molar refractivity (Wildman–Crippen MR) is 60.7 cm³/mol. The van der Waals surface area contributed by atoms with E-state index in [0.29, 0.717) is 17.7 Å². The zero-order valence-electron chi connectivity index (χ0n) is 8.79. The number of nitrogens with two attached hydrogens (primary N) is 1. The maximum Gasteiger partial charge on any atom is 0.131 e. The van der Waals surface area contributed by atoms with Crippen molar-refractivity contribution < 1.29 is 0 Å². The van der Waals surface area contributed by atoms with Crippen LogP contribution >= 0.6 is 11.6 Å². The Kier molecular flexibility index (Phi) is 3.72. The van der Waals surface area contributed by atoms with Gasteiger partial charge in [-0.15, -0.1) is 0 Å². The fraction of sp³-hybridized carbons (Fsp3) is 0.500. The molecule has 0 aliphatic rings. The zero-order valence-corrected chi connectivity index (χ0v) is 9.54. The van der Waals surface area contributed by atoms with Crippen molar-refractivity contribution >= 4 is 17.4 Å². The van der Waals surface area contributed by atoms with Crippen LogP contribution in [-0.2, 0) is 6.54 Å². The molecule has 0 amide bonds. The van der Waals surface area contributed by atoms with E-state index in [9.17, 15) is 0 Å². The Morgan fingerprint density at radius 2 is 2.14 bits per heavy atom. The SMILES string of the molecule is CC(C)N(C)c1cc(CN)cc(Cl)n1. The van der Waals surface area contributed by atoms with Crippen LogP contribution in [0.15, 0.2) is 12.1 Å². The lowest BCUT2D eigenvalue weighted by atomic mass is 10.2. The summed E-state index contributed by atoms with van der Waals surface area (Å²) in [7, 11) is 1.99. The van der Waals surface area contributed by atoms with Gasteiger partial charge in [-0.05, 0) is 31.5 Å². The van der Waals surface area contributed by atoms with Gasteiger partial charge in [0.15, 0.2) is 0 Å². The van der Waals surface area contributed by atoms with Gasteiger partial charge in [0.25, 0.3) is 0 Å². The first-order valence-electron chi connectivity index (χ1n) is 4.64. The van der Waals surface area contributed by atoms with E-state index in [2.05, 4.69) is 23.7 Å². The minimum Gasteiger partial charge on any atom is -0.357 e. The lowest BCUT2D eigenvalue weighted by Crippen LogP contribution is -2.26. The Bertz CT molecular complexity index is 312. The third-order valence-electron chi connectivity index (χ3n) is 2.21. The molecule has 14 heavy (non-hydrogen) atoms. The molecule has 1 rings (SSSR count). The topological polar surface area (TPSA) is 42.1 Å². The molecule has 1 aromatic heterocycles. The maximum absolute atomic E-state index is 5.88. The number of aromatic nitrogens is 1. The number of hydrogen-bond donors (Lipinski definition) is 1. The van der Waals surface area contributed by atoms with Crippen molar-refractivity contribution in [2.24, 2.45) is 5.73 Å². The van der Waals surface area contributed by atoms with Gasteiger partial charge in [0.1, 0.15) is 11.0 Å². The minimum atomic E-state index is 0.395. The third kappa shape index (κ3) is 2.59. The van der Waals surface area contributed by atoms with Gasteiger partial charge in [-0.1, -0.05) is 11.6 Å². The predicted octanol–water partition coefficient (Wildman–Crippen LogP) is 2.04. The molecule has 0 atom stereocenters. The summed E-state index contributed by atoms with van der Waals surface area (Å²) in [4.78, 5) is 6.30. The number of nitrogens with zero attached hydrogens (tertiary/aromatic N) is 2. The van der Waals surface area contributed by atoms with Crippen LogP contribution in [0.3, 0.4) is 0 Å². The summed E-state index contributed by atoms with van der Waals surface area (Å²) in [6.45, 7) is 4.69. The van der Waals surface area contributed by atoms with Crippen molar-refractivity contribution in [1.82, 2.24) is 4.98 Å². The molecule has 4 heteroatoms. The van der Waals surface area contributed by atoms with Crippen molar-refractivity contribution in [2.75, 3.05) is 11.9 Å². The Morgan fingerprint density at radius 1 is 1.50 bits per heavy atom. The molecule has 0 radical (unpaired) electrons. The van der Waals surface area contributed by atoms with Crippen LogP contribution in [0, 0.1) is 0 Å². The largest absolute Gasteiger partial charge is 0.357 e. The van der Waals surface area contributed by atoms with E-state index in [1.807, 2.05) is 13.1 Å². The normalized spacial score (nSPS) is 10.7. The van der Waals surface area contributed by atoms with Gasteiger partial charge in [-0.3, -0.25) is 0 Å². The summed E-state index contributed by atoms with van der Waals surface area (Å²) >= 11 is 5.88. The van der Waals surface area contributed by atoms with Crippen molar-refractivity contribution in [2.45, 2.75) is 26.4 Å². The summed E-state index contributed by atoms with van der Waals surface area (Å²) in [5.41, 5.74) is 6.57. The molecule has 0 aliphatic heterocycles. The first-order chi connectivity index (χ1) is 6.54. The Balaban J connectivity index is 3.02. The van der Waals surface area contributed by atoms with Crippen LogP contribution in [-0.4, -0.2) is 18.1 Å². The fourth-order valence-corrected chi connectivity index (χ4v) is 1.32. The maximum atomic E-state index is 5.88. The van der Waals surface area contributed by atoms with E-state index in [1.165, 1.54) is 0 Å². The molecule has 0 spiro atoms. The van der Waals surface area contributed by atoms with E-state index in [0.717, 1.165) is 11.4 Å². The molecule has 0 fully saturated rings. The summed E-state index contributed by atoms with van der Waals surface area (Å²) in [5, 5.41) is 0.496. The minimum absolute atomic E-state index is 0.395. The van der Waals surface area contributed by atoms with E-state index >= 15 is 0 Å². The molecule has 2 N–H and O–H groups in total. The molecular weight excluding hydrogens is 198 g/mol. The van der Waals surface area contributed by atoms with Crippen molar-refractivity contribution in [1.29, 1.82) is 0 Å². The monoisotopic (exact) mass is 213 g/mol. The van der Waals surface area contributed by atoms with Gasteiger partial charge in [0, 0.05) is 19.6 Å². The molecular formula is C10H16ClN3. The highest BCUT2D eigenvalue weighted by Gasteiger charge is 2.08. The average Bonchev–Trinajstić information content (AvgIpc) is 2.15. The molecule has 3 nitrogen and oxygen atoms in total. The van der Waals surface area contributed by atoms with Gasteiger partial charge >= 0.3 is 0 Å². The molecule has 0 saturated carbocycles. The summed E-state index contributed by atoms with van der Waals surface area (Å²) in [6.07, 6.45) is 0. The lowest BCUT2D eigenvalue weighted by molar-refractivity contribution is 0.742. The smallest absolute Gasteiger partial charge is 0.131 e. The summed E-state index contributed by atoms with van der Waals surface area (Å²) in [5.74, 6) is 0.868. The average molecular weight is 214 g/mol. The number of hydrogen-bond acceptors (Lipinski definition) is 3. The second kappa shape index (κ2) is 4.62. The number of pyridine rings is 1. The molecule has 0 saturated heterocycles. The molecule has 1 aromatic rings. The van der Waals surface area contributed by atoms with Gasteiger partial charge in [-0.25, -0.2) is 4.98 Å². The van der Waals surface area contributed by atoms with Gasteiger partial charge in [-0.2, -0.15) is 0 Å². The lowest BCUT2D eigenvalue weighted by Gasteiger charge is -2.23. The quantitative estimate of drug-likeness (QED) is 0.782. The van der Waals surface area contributed by atoms with E-state index in [-0.39, 0.29) is 0 Å². The highest BCUT2D eigenvalue weighted by Crippen LogP contribution is 2.18. The van der Waals surface area contributed by atoms with Crippen LogP contribution in [0.2, 0.25) is 5.15 Å². The second-order valence-corrected chi connectivity index (χ2v) is 3.95. The highest BCUT2D eigenvalue weighted by atomic mass is 35.5. The Morgan fingerprint density at radius 3 is 2.64 bits per heavy atom. The van der Waals surface area contributed by atoms with Gasteiger partial charge in [0.2, 0.25) is 0 Å². The Labute approximate surface area is 89.9 Å². The Hall–Kier alpha value is -0.800. The van der Waals surface area contributed by atoms with E-state index in [1.54, 1.807) is 6.07 Å². The molecule has 0 aromatic carbocycles. The van der Waals surface area contributed by atoms with Gasteiger partial charge < -0.3 is 10.6 Å². The number of rotatable bonds is 3. The molecule has 0 aliphatic carbocycles. The van der Waals surface area contributed by atoms with Crippen molar-refractivity contribution in [3.8, 4) is 0 Å². The molecule has 0 unspecified atom stereocenters. The number of anilines is 1. The summed E-state index contributed by atoms with van der Waals surface area (Å²) < 4.78 is 0. The molecule has 0 bridgehead atoms. The van der Waals surface area contributed by atoms with Crippen LogP contribution < -0.4 is 10.6 Å². The first-order valence-corrected chi connectivity index (χ1v) is 5.01. The number of halogens is 1. The highest BCUT2D eigenvalue weighted by molar-refractivity contribution is 6.29. The summed E-state index contributed by atoms with van der Waals surface area (Å²) in [6, 6.07) is 4.15. The van der Waals surface area contributed by atoms with Crippen LogP contribution in [0.1, 0.15) is 19.4 Å². The van der Waals surface area contributed by atoms with E-state index < -0.39 is 0 Å². The first kappa shape index (κ1) is 11.3. The third-order valence-corrected chi connectivity index (χ3v) is 2.41. The zero-order chi connectivity index (χ0) is 10.7. The fourth-order valence-electron chi connectivity index (χ4n) is 1.10. The van der Waals surface area contributed by atoms with Crippen molar-refractivity contribution in [3.63, 3.8) is 0 Å². The van der Waals surface area contributed by atoms with E-state index in [4.69, 9.17) is 17.3 Å². The van der Waals surface area contributed by atoms with Crippen LogP contribution in [0.4, 0.5) is 5.82 Å². The van der Waals surface area contributed by atoms with Gasteiger partial charge in [0.05, 0.1) is 0 Å². The second-order valence-electron chi connectivity index (χ2n) is 3.57. The van der Waals surface area contributed by atoms with Crippen LogP contribution in [0.5, 0.6) is 0 Å². The van der Waals surface area contributed by atoms with Crippen molar-refractivity contribution in [3.05, 3.63) is 22.8 Å². The molecule has 78 valence electrons. The standard InChI is InChI=1S/C10H16ClN3/c1-7(2)14(3)10-5-8(6-12)4-9(11)13-10/h4-5,7H,6,12H2,1-3H3. The molecule has 1 heterocycles. The van der Waals surface area contributed by atoms with Crippen LogP contribution in [0.25, 0.3) is 0 Å².